The van der Waals surface area contributed by atoms with Crippen molar-refractivity contribution in [2.24, 2.45) is 0 Å². The average Bonchev–Trinajstić information content (AvgIpc) is 1.40. The summed E-state index contributed by atoms with van der Waals surface area (Å²) in [4.78, 5) is 14.7. The second-order valence-corrected chi connectivity index (χ2v) is 24.7. The van der Waals surface area contributed by atoms with Gasteiger partial charge in [0.05, 0.1) is 17.1 Å². The largest absolute Gasteiger partial charge is 0.455 e. The summed E-state index contributed by atoms with van der Waals surface area (Å²) in [6.45, 7) is -0.425. The van der Waals surface area contributed by atoms with Gasteiger partial charge >= 0.3 is 0 Å². The first kappa shape index (κ1) is 53.3. The fourth-order valence-electron chi connectivity index (χ4n) is 14.6. The third-order valence-corrected chi connectivity index (χ3v) is 19.6. The van der Waals surface area contributed by atoms with Crippen molar-refractivity contribution in [3.63, 3.8) is 0 Å². The van der Waals surface area contributed by atoms with Crippen LogP contribution in [0.3, 0.4) is 0 Å². The zero-order valence-electron chi connectivity index (χ0n) is 50.0. The normalized spacial score (nSPS) is 12.8. The van der Waals surface area contributed by atoms with Gasteiger partial charge in [-0.2, -0.15) is 11.3 Å². The molecule has 0 bridgehead atoms. The number of thiophene rings is 1. The van der Waals surface area contributed by atoms with Gasteiger partial charge < -0.3 is 34.1 Å². The summed E-state index contributed by atoms with van der Waals surface area (Å²) in [7, 11) is 0. The molecule has 0 amide bonds. The molecule has 1 aromatic heterocycles. The maximum absolute atomic E-state index is 8.09. The van der Waals surface area contributed by atoms with E-state index in [9.17, 15) is 0 Å². The van der Waals surface area contributed by atoms with Gasteiger partial charge in [-0.3, -0.25) is 0 Å². The topological polar surface area (TPSA) is 28.7 Å². The lowest BCUT2D eigenvalue weighted by Crippen LogP contribution is -2.60. The number of hydrogen-bond acceptors (Lipinski definition) is 8. The van der Waals surface area contributed by atoms with Gasteiger partial charge in [0, 0.05) is 101 Å². The third kappa shape index (κ3) is 8.67. The SMILES string of the molecule is c1ccc(N(c2ccccc2)c2ccc3c(c2)N(c2ccccc2)c2cc(N(c4ccccc4)c4ccccc4)cc4c2B3c2sc3c(c2O4)N(c2ccccc2)c2cc(N(c4ccccc4)c4ccccc4)cc4c2B3c2ccccc2N4c2ccccc2)cc1. The highest BCUT2D eigenvalue weighted by Crippen LogP contribution is 2.54. The minimum absolute atomic E-state index is 0.178. The second kappa shape index (κ2) is 22.1. The fraction of sp³-hybridized carbons (Fsp3) is 0. The molecule has 0 saturated heterocycles. The molecular formula is C82H56B2N6OS. The summed E-state index contributed by atoms with van der Waals surface area (Å²) in [5, 5.41) is 0. The van der Waals surface area contributed by atoms with Crippen LogP contribution in [0.15, 0.2) is 340 Å². The van der Waals surface area contributed by atoms with E-state index < -0.39 is 0 Å². The zero-order valence-corrected chi connectivity index (χ0v) is 50.8. The molecule has 13 aromatic carbocycles. The van der Waals surface area contributed by atoms with E-state index in [0.29, 0.717) is 0 Å². The van der Waals surface area contributed by atoms with E-state index in [4.69, 9.17) is 4.74 Å². The molecule has 18 rings (SSSR count). The average molecular weight is 1200 g/mol. The Bertz CT molecular complexity index is 4940. The number of hydrogen-bond donors (Lipinski definition) is 0. The van der Waals surface area contributed by atoms with Crippen LogP contribution in [0.25, 0.3) is 0 Å². The van der Waals surface area contributed by atoms with Crippen molar-refractivity contribution in [1.82, 2.24) is 0 Å². The van der Waals surface area contributed by atoms with Gasteiger partial charge in [0.25, 0.3) is 13.4 Å². The summed E-state index contributed by atoms with van der Waals surface area (Å²) in [6.07, 6.45) is 0. The standard InChI is InChI=1S/C82H56B2N6OS/c1-10-30-57(31-11-1)85(58-32-12-2-13-33-58)66-50-51-70-72(52-66)89(64-44-24-8-25-45-64)75-55-68(87(61-38-18-5-19-39-61)62-40-20-6-21-41-62)56-76-78(75)84(70)82-80(91-76)79-81(92-82)83-69-48-28-29-49-71(69)88(63-42-22-7-23-43-63)73-53-67(54-74(77(73)83)90(79)65-46-26-9-27-47-65)86(59-34-14-3-15-35-59)60-36-16-4-17-37-60/h1-56H. The third-order valence-electron chi connectivity index (χ3n) is 18.3. The summed E-state index contributed by atoms with van der Waals surface area (Å²) < 4.78 is 10.5. The van der Waals surface area contributed by atoms with Crippen molar-refractivity contribution < 1.29 is 4.74 Å². The lowest BCUT2D eigenvalue weighted by atomic mass is 9.35. The van der Waals surface area contributed by atoms with Crippen molar-refractivity contribution in [2.45, 2.75) is 0 Å². The number of fused-ring (bicyclic) bond motifs is 9. The summed E-state index contributed by atoms with van der Waals surface area (Å²) in [6, 6.07) is 123. The Morgan fingerprint density at radius 1 is 0.261 bits per heavy atom. The van der Waals surface area contributed by atoms with E-state index in [0.717, 1.165) is 124 Å². The first-order valence-corrected chi connectivity index (χ1v) is 32.2. The number of para-hydroxylation sites is 10. The molecule has 0 saturated carbocycles. The van der Waals surface area contributed by atoms with Crippen LogP contribution in [0.5, 0.6) is 11.5 Å². The number of ether oxygens (including phenoxy) is 1. The Morgan fingerprint density at radius 2 is 0.598 bits per heavy atom. The number of benzene rings is 13. The first-order chi connectivity index (χ1) is 45.7. The second-order valence-electron chi connectivity index (χ2n) is 23.6. The molecule has 0 atom stereocenters. The van der Waals surface area contributed by atoms with E-state index in [2.05, 4.69) is 369 Å². The van der Waals surface area contributed by atoms with Crippen LogP contribution in [0.2, 0.25) is 0 Å². The van der Waals surface area contributed by atoms with Gasteiger partial charge in [0.1, 0.15) is 5.75 Å². The Kier molecular flexibility index (Phi) is 12.8. The van der Waals surface area contributed by atoms with Crippen molar-refractivity contribution in [2.75, 3.05) is 29.4 Å². The lowest BCUT2D eigenvalue weighted by Gasteiger charge is -2.44. The van der Waals surface area contributed by atoms with Crippen LogP contribution in [0.1, 0.15) is 0 Å². The molecule has 92 heavy (non-hydrogen) atoms. The molecule has 4 aliphatic heterocycles. The minimum Gasteiger partial charge on any atom is -0.455 e. The van der Waals surface area contributed by atoms with Crippen LogP contribution < -0.4 is 65.5 Å². The fourth-order valence-corrected chi connectivity index (χ4v) is 16.1. The van der Waals surface area contributed by atoms with E-state index >= 15 is 0 Å². The van der Waals surface area contributed by atoms with E-state index in [1.54, 1.807) is 0 Å². The monoisotopic (exact) mass is 1190 g/mol. The van der Waals surface area contributed by atoms with E-state index in [1.807, 2.05) is 11.3 Å². The number of rotatable bonds is 12. The molecule has 0 spiro atoms. The van der Waals surface area contributed by atoms with Crippen molar-refractivity contribution in [3.05, 3.63) is 340 Å². The summed E-state index contributed by atoms with van der Waals surface area (Å²) in [5.41, 5.74) is 23.9. The quantitative estimate of drug-likeness (QED) is 0.113. The maximum atomic E-state index is 8.09. The van der Waals surface area contributed by atoms with Crippen LogP contribution in [-0.2, 0) is 0 Å². The highest BCUT2D eigenvalue weighted by atomic mass is 32.1. The van der Waals surface area contributed by atoms with Crippen molar-refractivity contribution in [3.8, 4) is 11.5 Å². The lowest BCUT2D eigenvalue weighted by molar-refractivity contribution is 0.491. The van der Waals surface area contributed by atoms with Gasteiger partial charge in [0.15, 0.2) is 5.75 Å². The Hall–Kier alpha value is -11.7. The Labute approximate surface area is 540 Å². The van der Waals surface area contributed by atoms with Crippen molar-refractivity contribution >= 4 is 159 Å². The van der Waals surface area contributed by atoms with Gasteiger partial charge in [-0.25, -0.2) is 0 Å². The minimum atomic E-state index is -0.247. The van der Waals surface area contributed by atoms with Crippen LogP contribution in [0.4, 0.5) is 102 Å². The molecule has 7 nitrogen and oxygen atoms in total. The van der Waals surface area contributed by atoms with Crippen LogP contribution >= 0.6 is 11.3 Å². The van der Waals surface area contributed by atoms with Gasteiger partial charge in [-0.1, -0.05) is 188 Å². The highest BCUT2D eigenvalue weighted by Gasteiger charge is 2.52. The van der Waals surface area contributed by atoms with Gasteiger partial charge in [-0.05, 0) is 167 Å². The Morgan fingerprint density at radius 3 is 1.07 bits per heavy atom. The van der Waals surface area contributed by atoms with Crippen molar-refractivity contribution in [1.29, 1.82) is 0 Å². The van der Waals surface area contributed by atoms with Crippen LogP contribution in [-0.4, -0.2) is 13.4 Å². The van der Waals surface area contributed by atoms with E-state index in [1.165, 1.54) is 21.2 Å². The van der Waals surface area contributed by atoms with Crippen LogP contribution in [0, 0.1) is 0 Å². The number of anilines is 18. The summed E-state index contributed by atoms with van der Waals surface area (Å²) in [5.74, 6) is 1.67. The molecular weight excluding hydrogens is 1140 g/mol. The van der Waals surface area contributed by atoms with E-state index in [-0.39, 0.29) is 13.4 Å². The number of nitrogens with zero attached hydrogens (tertiary/aromatic N) is 6. The molecule has 0 radical (unpaired) electrons. The zero-order chi connectivity index (χ0) is 60.6. The molecule has 14 aromatic rings. The molecule has 5 heterocycles. The van der Waals surface area contributed by atoms with Gasteiger partial charge in [-0.15, -0.1) is 0 Å². The molecule has 432 valence electrons. The molecule has 0 N–H and O–H groups in total. The summed E-state index contributed by atoms with van der Waals surface area (Å²) >= 11 is 1.91. The molecule has 0 aliphatic carbocycles. The first-order valence-electron chi connectivity index (χ1n) is 31.4. The smallest absolute Gasteiger partial charge is 0.268 e. The molecule has 10 heteroatoms. The molecule has 4 aliphatic rings. The maximum Gasteiger partial charge on any atom is 0.268 e. The highest BCUT2D eigenvalue weighted by molar-refractivity contribution is 7.38. The van der Waals surface area contributed by atoms with Gasteiger partial charge in [0.2, 0.25) is 0 Å². The Balaban J connectivity index is 0.945. The molecule has 0 fully saturated rings. The molecule has 0 unspecified atom stereocenters. The predicted octanol–water partition coefficient (Wildman–Crippen LogP) is 18.6. The predicted molar refractivity (Wildman–Crippen MR) is 388 cm³/mol.